The van der Waals surface area contributed by atoms with Gasteiger partial charge >= 0.3 is 0 Å². The number of carbonyl (C=O) groups excluding carboxylic acids is 1. The van der Waals surface area contributed by atoms with E-state index in [0.717, 1.165) is 25.0 Å². The molecule has 0 aromatic heterocycles. The number of halogens is 3. The summed E-state index contributed by atoms with van der Waals surface area (Å²) >= 11 is 5.89. The van der Waals surface area contributed by atoms with Crippen LogP contribution in [0.2, 0.25) is 0 Å². The van der Waals surface area contributed by atoms with Crippen molar-refractivity contribution in [3.63, 3.8) is 0 Å². The van der Waals surface area contributed by atoms with Crippen molar-refractivity contribution in [1.82, 2.24) is 5.32 Å². The summed E-state index contributed by atoms with van der Waals surface area (Å²) < 4.78 is 26.5. The highest BCUT2D eigenvalue weighted by atomic mass is 35.5. The van der Waals surface area contributed by atoms with Crippen LogP contribution in [-0.2, 0) is 0 Å². The lowest BCUT2D eigenvalue weighted by molar-refractivity contribution is 0.0945. The molecule has 1 atom stereocenters. The highest BCUT2D eigenvalue weighted by Crippen LogP contribution is 2.12. The van der Waals surface area contributed by atoms with Gasteiger partial charge in [-0.15, -0.1) is 11.6 Å². The van der Waals surface area contributed by atoms with Crippen molar-refractivity contribution in [2.75, 3.05) is 6.54 Å². The Labute approximate surface area is 104 Å². The molecule has 2 nitrogen and oxygen atoms in total. The zero-order valence-corrected chi connectivity index (χ0v) is 10.2. The number of hydrogen-bond acceptors (Lipinski definition) is 1. The second kappa shape index (κ2) is 6.55. The Kier molecular flexibility index (Phi) is 5.35. The average molecular weight is 262 g/mol. The van der Waals surface area contributed by atoms with Gasteiger partial charge in [-0.2, -0.15) is 0 Å². The van der Waals surface area contributed by atoms with Gasteiger partial charge in [0.15, 0.2) is 0 Å². The highest BCUT2D eigenvalue weighted by molar-refractivity contribution is 6.20. The number of alkyl halides is 1. The van der Waals surface area contributed by atoms with Crippen LogP contribution < -0.4 is 5.32 Å². The van der Waals surface area contributed by atoms with E-state index in [2.05, 4.69) is 5.32 Å². The molecule has 1 aromatic carbocycles. The number of benzene rings is 1. The lowest BCUT2D eigenvalue weighted by Gasteiger charge is -2.10. The molecule has 1 amide bonds. The Hall–Kier alpha value is -1.16. The SMILES string of the molecule is CCCC(Cl)CNC(=O)c1c(F)cccc1F. The number of rotatable bonds is 5. The molecule has 1 N–H and O–H groups in total. The molecule has 0 fully saturated rings. The Balaban J connectivity index is 2.64. The minimum atomic E-state index is -0.871. The minimum absolute atomic E-state index is 0.196. The van der Waals surface area contributed by atoms with Crippen LogP contribution in [0.25, 0.3) is 0 Å². The molecule has 5 heteroatoms. The van der Waals surface area contributed by atoms with Crippen molar-refractivity contribution in [3.05, 3.63) is 35.4 Å². The Bertz CT molecular complexity index is 378. The smallest absolute Gasteiger partial charge is 0.257 e. The van der Waals surface area contributed by atoms with E-state index in [4.69, 9.17) is 11.6 Å². The number of amides is 1. The molecule has 0 aliphatic heterocycles. The van der Waals surface area contributed by atoms with Crippen molar-refractivity contribution >= 4 is 17.5 Å². The standard InChI is InChI=1S/C12H14ClF2NO/c1-2-4-8(13)7-16-12(17)11-9(14)5-3-6-10(11)15/h3,5-6,8H,2,4,7H2,1H3,(H,16,17). The van der Waals surface area contributed by atoms with Gasteiger partial charge in [0.25, 0.3) is 5.91 Å². The lowest BCUT2D eigenvalue weighted by atomic mass is 10.1. The lowest BCUT2D eigenvalue weighted by Crippen LogP contribution is -2.31. The molecule has 0 aliphatic rings. The molecule has 1 unspecified atom stereocenters. The first kappa shape index (κ1) is 13.9. The van der Waals surface area contributed by atoms with Crippen molar-refractivity contribution in [3.8, 4) is 0 Å². The third-order valence-electron chi connectivity index (χ3n) is 2.28. The van der Waals surface area contributed by atoms with Gasteiger partial charge in [0.2, 0.25) is 0 Å². The molecule has 0 saturated carbocycles. The molecule has 0 bridgehead atoms. The first-order chi connectivity index (χ1) is 8.06. The summed E-state index contributed by atoms with van der Waals surface area (Å²) in [6.45, 7) is 2.16. The summed E-state index contributed by atoms with van der Waals surface area (Å²) in [5.74, 6) is -2.52. The van der Waals surface area contributed by atoms with Crippen molar-refractivity contribution < 1.29 is 13.6 Å². The maximum atomic E-state index is 13.2. The fourth-order valence-electron chi connectivity index (χ4n) is 1.42. The van der Waals surface area contributed by atoms with Gasteiger partial charge in [0.05, 0.1) is 5.38 Å². The molecule has 0 saturated heterocycles. The highest BCUT2D eigenvalue weighted by Gasteiger charge is 2.17. The monoisotopic (exact) mass is 261 g/mol. The van der Waals surface area contributed by atoms with E-state index in [-0.39, 0.29) is 11.9 Å². The molecule has 17 heavy (non-hydrogen) atoms. The first-order valence-corrected chi connectivity index (χ1v) is 5.86. The fourth-order valence-corrected chi connectivity index (χ4v) is 1.72. The second-order valence-electron chi connectivity index (χ2n) is 3.69. The Morgan fingerprint density at radius 1 is 1.41 bits per heavy atom. The predicted molar refractivity (Wildman–Crippen MR) is 63.2 cm³/mol. The van der Waals surface area contributed by atoms with Crippen LogP contribution in [0.5, 0.6) is 0 Å². The molecular formula is C12H14ClF2NO. The zero-order chi connectivity index (χ0) is 12.8. The third kappa shape index (κ3) is 3.97. The van der Waals surface area contributed by atoms with Crippen LogP contribution in [0, 0.1) is 11.6 Å². The molecule has 1 aromatic rings. The van der Waals surface area contributed by atoms with Gasteiger partial charge in [0.1, 0.15) is 17.2 Å². The summed E-state index contributed by atoms with van der Waals surface area (Å²) in [5, 5.41) is 2.19. The van der Waals surface area contributed by atoms with Crippen LogP contribution in [0.15, 0.2) is 18.2 Å². The van der Waals surface area contributed by atoms with Gasteiger partial charge < -0.3 is 5.32 Å². The maximum Gasteiger partial charge on any atom is 0.257 e. The second-order valence-corrected chi connectivity index (χ2v) is 4.31. The topological polar surface area (TPSA) is 29.1 Å². The van der Waals surface area contributed by atoms with Crippen molar-refractivity contribution in [1.29, 1.82) is 0 Å². The van der Waals surface area contributed by atoms with Crippen LogP contribution in [0.1, 0.15) is 30.1 Å². The summed E-state index contributed by atoms with van der Waals surface area (Å²) in [4.78, 5) is 11.5. The minimum Gasteiger partial charge on any atom is -0.350 e. The predicted octanol–water partition coefficient (Wildman–Crippen LogP) is 3.10. The molecule has 94 valence electrons. The summed E-state index contributed by atoms with van der Waals surface area (Å²) in [6.07, 6.45) is 1.62. The maximum absolute atomic E-state index is 13.2. The Morgan fingerprint density at radius 2 is 2.00 bits per heavy atom. The van der Waals surface area contributed by atoms with E-state index in [1.165, 1.54) is 6.07 Å². The first-order valence-electron chi connectivity index (χ1n) is 5.42. The summed E-state index contributed by atoms with van der Waals surface area (Å²) in [5.41, 5.74) is -0.562. The van der Waals surface area contributed by atoms with Crippen molar-refractivity contribution in [2.24, 2.45) is 0 Å². The van der Waals surface area contributed by atoms with Gasteiger partial charge in [-0.05, 0) is 18.6 Å². The van der Waals surface area contributed by atoms with Crippen LogP contribution in [-0.4, -0.2) is 17.8 Å². The molecule has 0 spiro atoms. The van der Waals surface area contributed by atoms with Gasteiger partial charge in [-0.25, -0.2) is 8.78 Å². The molecule has 0 aliphatic carbocycles. The third-order valence-corrected chi connectivity index (χ3v) is 2.65. The largest absolute Gasteiger partial charge is 0.350 e. The molecule has 0 heterocycles. The van der Waals surface area contributed by atoms with Gasteiger partial charge in [0, 0.05) is 6.54 Å². The fraction of sp³-hybridized carbons (Fsp3) is 0.417. The van der Waals surface area contributed by atoms with Crippen LogP contribution in [0.3, 0.4) is 0 Å². The van der Waals surface area contributed by atoms with Crippen molar-refractivity contribution in [2.45, 2.75) is 25.1 Å². The molecule has 0 radical (unpaired) electrons. The summed E-state index contributed by atoms with van der Waals surface area (Å²) in [7, 11) is 0. The normalized spacial score (nSPS) is 12.2. The van der Waals surface area contributed by atoms with E-state index in [1.807, 2.05) is 6.92 Å². The molecular weight excluding hydrogens is 248 g/mol. The number of nitrogens with one attached hydrogen (secondary N) is 1. The average Bonchev–Trinajstić information content (AvgIpc) is 2.26. The van der Waals surface area contributed by atoms with Crippen LogP contribution in [0.4, 0.5) is 8.78 Å². The van der Waals surface area contributed by atoms with Gasteiger partial charge in [-0.3, -0.25) is 4.79 Å². The van der Waals surface area contributed by atoms with E-state index in [0.29, 0.717) is 0 Å². The van der Waals surface area contributed by atoms with E-state index < -0.39 is 23.1 Å². The Morgan fingerprint density at radius 3 is 2.53 bits per heavy atom. The van der Waals surface area contributed by atoms with E-state index >= 15 is 0 Å². The number of carbonyl (C=O) groups is 1. The number of hydrogen-bond donors (Lipinski definition) is 1. The van der Waals surface area contributed by atoms with E-state index in [1.54, 1.807) is 0 Å². The van der Waals surface area contributed by atoms with Gasteiger partial charge in [-0.1, -0.05) is 19.4 Å². The molecule has 1 rings (SSSR count). The van der Waals surface area contributed by atoms with E-state index in [9.17, 15) is 13.6 Å². The quantitative estimate of drug-likeness (QED) is 0.811. The van der Waals surface area contributed by atoms with Crippen LogP contribution >= 0.6 is 11.6 Å². The zero-order valence-electron chi connectivity index (χ0n) is 9.47. The summed E-state index contributed by atoms with van der Waals surface area (Å²) in [6, 6.07) is 3.30.